The summed E-state index contributed by atoms with van der Waals surface area (Å²) >= 11 is 0. The first-order valence-electron chi connectivity index (χ1n) is 3.51. The minimum Gasteiger partial charge on any atom is -0.264 e. The molecule has 0 atom stereocenters. The highest BCUT2D eigenvalue weighted by Gasteiger charge is 2.15. The summed E-state index contributed by atoms with van der Waals surface area (Å²) in [6.45, 7) is 2.01. The third-order valence-corrected chi connectivity index (χ3v) is 1.16. The highest BCUT2D eigenvalue weighted by Crippen LogP contribution is 1.93. The van der Waals surface area contributed by atoms with Crippen LogP contribution >= 0.6 is 0 Å². The topological polar surface area (TPSA) is 17.1 Å². The van der Waals surface area contributed by atoms with Gasteiger partial charge in [-0.05, 0) is 6.42 Å². The van der Waals surface area contributed by atoms with E-state index >= 15 is 0 Å². The maximum Gasteiger partial charge on any atom is 0.337 e. The van der Waals surface area contributed by atoms with E-state index in [0.717, 1.165) is 6.42 Å². The minimum atomic E-state index is 0.141. The molecule has 0 fully saturated rings. The maximum absolute atomic E-state index is 11.1. The normalized spacial score (nSPS) is 12.4. The van der Waals surface area contributed by atoms with Gasteiger partial charge in [-0.25, -0.2) is 4.79 Å². The Bertz CT molecular complexity index is 142. The van der Waals surface area contributed by atoms with Gasteiger partial charge in [0.05, 0.1) is 21.1 Å². The zero-order valence-corrected chi connectivity index (χ0v) is 7.22. The van der Waals surface area contributed by atoms with E-state index in [1.807, 2.05) is 34.1 Å². The Morgan fingerprint density at radius 1 is 1.40 bits per heavy atom. The van der Waals surface area contributed by atoms with Gasteiger partial charge in [0.1, 0.15) is 0 Å². The predicted octanol–water partition coefficient (Wildman–Crippen LogP) is 1.19. The molecular weight excluding hydrogens is 126 g/mol. The van der Waals surface area contributed by atoms with E-state index in [1.54, 1.807) is 6.08 Å². The molecule has 0 heterocycles. The molecule has 0 aliphatic carbocycles. The van der Waals surface area contributed by atoms with Crippen molar-refractivity contribution in [1.29, 1.82) is 0 Å². The summed E-state index contributed by atoms with van der Waals surface area (Å²) in [5.41, 5.74) is 0. The van der Waals surface area contributed by atoms with E-state index in [2.05, 4.69) is 0 Å². The van der Waals surface area contributed by atoms with Crippen LogP contribution in [0.1, 0.15) is 13.3 Å². The van der Waals surface area contributed by atoms with Gasteiger partial charge in [-0.3, -0.25) is 4.48 Å². The largest absolute Gasteiger partial charge is 0.337 e. The number of amides is 1. The molecule has 0 aromatic carbocycles. The van der Waals surface area contributed by atoms with E-state index in [9.17, 15) is 4.79 Å². The second kappa shape index (κ2) is 3.52. The molecule has 0 bridgehead atoms. The third-order valence-electron chi connectivity index (χ3n) is 1.16. The van der Waals surface area contributed by atoms with Crippen LogP contribution < -0.4 is 0 Å². The molecule has 0 radical (unpaired) electrons. The van der Waals surface area contributed by atoms with Gasteiger partial charge in [-0.15, -0.1) is 0 Å². The lowest BCUT2D eigenvalue weighted by Gasteiger charge is -2.17. The SMILES string of the molecule is CCC=CC(=O)[N+](C)(C)C. The fourth-order valence-electron chi connectivity index (χ4n) is 0.442. The first-order valence-corrected chi connectivity index (χ1v) is 3.51. The van der Waals surface area contributed by atoms with Gasteiger partial charge in [0.25, 0.3) is 0 Å². The second-order valence-electron chi connectivity index (χ2n) is 3.16. The summed E-state index contributed by atoms with van der Waals surface area (Å²) in [6.07, 6.45) is 4.44. The molecule has 0 aromatic rings. The quantitative estimate of drug-likeness (QED) is 0.418. The summed E-state index contributed by atoms with van der Waals surface area (Å²) in [7, 11) is 5.59. The molecule has 0 rings (SSSR count). The van der Waals surface area contributed by atoms with Crippen molar-refractivity contribution < 1.29 is 9.28 Å². The van der Waals surface area contributed by atoms with Crippen molar-refractivity contribution in [3.63, 3.8) is 0 Å². The first-order chi connectivity index (χ1) is 4.48. The number of rotatable bonds is 2. The van der Waals surface area contributed by atoms with Crippen LogP contribution in [0.25, 0.3) is 0 Å². The van der Waals surface area contributed by atoms with E-state index in [-0.39, 0.29) is 5.91 Å². The molecule has 10 heavy (non-hydrogen) atoms. The van der Waals surface area contributed by atoms with Crippen LogP contribution in [0.2, 0.25) is 0 Å². The lowest BCUT2D eigenvalue weighted by atomic mass is 10.3. The Morgan fingerprint density at radius 2 is 1.90 bits per heavy atom. The van der Waals surface area contributed by atoms with E-state index in [0.29, 0.717) is 4.48 Å². The molecule has 0 aliphatic rings. The average molecular weight is 142 g/mol. The molecule has 0 aromatic heterocycles. The predicted molar refractivity (Wildman–Crippen MR) is 42.5 cm³/mol. The van der Waals surface area contributed by atoms with Crippen molar-refractivity contribution >= 4 is 5.91 Å². The van der Waals surface area contributed by atoms with E-state index < -0.39 is 0 Å². The van der Waals surface area contributed by atoms with Crippen LogP contribution in [-0.2, 0) is 4.79 Å². The number of hydrogen-bond acceptors (Lipinski definition) is 1. The minimum absolute atomic E-state index is 0.141. The molecule has 0 unspecified atom stereocenters. The van der Waals surface area contributed by atoms with Crippen LogP contribution in [0.5, 0.6) is 0 Å². The van der Waals surface area contributed by atoms with E-state index in [1.165, 1.54) is 0 Å². The number of allylic oxidation sites excluding steroid dienone is 1. The number of hydrogen-bond donors (Lipinski definition) is 0. The van der Waals surface area contributed by atoms with Crippen molar-refractivity contribution in [2.24, 2.45) is 0 Å². The lowest BCUT2D eigenvalue weighted by Crippen LogP contribution is -2.39. The highest BCUT2D eigenvalue weighted by atomic mass is 16.2. The van der Waals surface area contributed by atoms with Crippen LogP contribution in [0.4, 0.5) is 0 Å². The fraction of sp³-hybridized carbons (Fsp3) is 0.625. The van der Waals surface area contributed by atoms with Crippen LogP contribution in [-0.4, -0.2) is 31.5 Å². The van der Waals surface area contributed by atoms with Crippen molar-refractivity contribution in [1.82, 2.24) is 0 Å². The Hall–Kier alpha value is -0.630. The molecule has 2 nitrogen and oxygen atoms in total. The van der Waals surface area contributed by atoms with Gasteiger partial charge in [0.15, 0.2) is 0 Å². The Balaban J connectivity index is 3.98. The van der Waals surface area contributed by atoms with Crippen molar-refractivity contribution in [3.8, 4) is 0 Å². The summed E-state index contributed by atoms with van der Waals surface area (Å²) in [6, 6.07) is 0. The van der Waals surface area contributed by atoms with E-state index in [4.69, 9.17) is 0 Å². The lowest BCUT2D eigenvalue weighted by molar-refractivity contribution is -0.789. The molecule has 58 valence electrons. The fourth-order valence-corrected chi connectivity index (χ4v) is 0.442. The van der Waals surface area contributed by atoms with Gasteiger partial charge in [-0.1, -0.05) is 13.0 Å². The summed E-state index contributed by atoms with van der Waals surface area (Å²) in [5.74, 6) is 0.141. The average Bonchev–Trinajstić information content (AvgIpc) is 1.80. The first kappa shape index (κ1) is 9.37. The molecule has 0 N–H and O–H groups in total. The van der Waals surface area contributed by atoms with Crippen molar-refractivity contribution in [3.05, 3.63) is 12.2 Å². The number of likely N-dealkylation sites (N-methyl/N-ethyl adjacent to an activating group) is 1. The Morgan fingerprint density at radius 3 is 2.20 bits per heavy atom. The molecule has 0 saturated heterocycles. The highest BCUT2D eigenvalue weighted by molar-refractivity contribution is 5.81. The smallest absolute Gasteiger partial charge is 0.264 e. The Labute approximate surface area is 62.7 Å². The van der Waals surface area contributed by atoms with Gasteiger partial charge in [-0.2, -0.15) is 0 Å². The number of carbonyl (C=O) groups is 1. The number of nitrogens with zero attached hydrogens (tertiary/aromatic N) is 1. The van der Waals surface area contributed by atoms with Crippen LogP contribution in [0.3, 0.4) is 0 Å². The van der Waals surface area contributed by atoms with Crippen LogP contribution in [0.15, 0.2) is 12.2 Å². The van der Waals surface area contributed by atoms with Crippen molar-refractivity contribution in [2.45, 2.75) is 13.3 Å². The molecular formula is C8H16NO+. The molecule has 0 saturated carbocycles. The standard InChI is InChI=1S/C8H16NO/c1-5-6-7-8(10)9(2,3)4/h6-7H,5H2,1-4H3/q+1. The zero-order valence-electron chi connectivity index (χ0n) is 7.22. The third kappa shape index (κ3) is 3.41. The van der Waals surface area contributed by atoms with Crippen molar-refractivity contribution in [2.75, 3.05) is 21.1 Å². The maximum atomic E-state index is 11.1. The molecule has 1 amide bonds. The molecule has 0 spiro atoms. The summed E-state index contributed by atoms with van der Waals surface area (Å²) in [5, 5.41) is 0. The van der Waals surface area contributed by atoms with Crippen LogP contribution in [0, 0.1) is 0 Å². The van der Waals surface area contributed by atoms with Gasteiger partial charge in [0, 0.05) is 6.08 Å². The number of carbonyl (C=O) groups excluding carboxylic acids is 1. The second-order valence-corrected chi connectivity index (χ2v) is 3.16. The molecule has 0 aliphatic heterocycles. The van der Waals surface area contributed by atoms with Gasteiger partial charge < -0.3 is 0 Å². The molecule has 2 heteroatoms. The zero-order chi connectivity index (χ0) is 8.20. The monoisotopic (exact) mass is 142 g/mol. The van der Waals surface area contributed by atoms with Gasteiger partial charge in [0.2, 0.25) is 0 Å². The number of quaternary nitrogens is 1. The van der Waals surface area contributed by atoms with Gasteiger partial charge >= 0.3 is 5.91 Å². The summed E-state index contributed by atoms with van der Waals surface area (Å²) in [4.78, 5) is 11.1. The Kier molecular flexibility index (Phi) is 3.30. The summed E-state index contributed by atoms with van der Waals surface area (Å²) < 4.78 is 0.372.